The Labute approximate surface area is 105 Å². The highest BCUT2D eigenvalue weighted by Gasteiger charge is 2.22. The minimum Gasteiger partial charge on any atom is -0.508 e. The van der Waals surface area contributed by atoms with E-state index in [0.29, 0.717) is 0 Å². The van der Waals surface area contributed by atoms with Gasteiger partial charge in [0.1, 0.15) is 16.4 Å². The molecular weight excluding hydrogens is 234 g/mol. The first kappa shape index (κ1) is 12.1. The molecule has 0 amide bonds. The molecule has 1 heterocycles. The Bertz CT molecular complexity index is 502. The second-order valence-corrected chi connectivity index (χ2v) is 5.16. The molecule has 0 saturated heterocycles. The SMILES string of the molecule is COC(C)(C)c1csc(-c2ccc(O)cc2)n1. The predicted molar refractivity (Wildman–Crippen MR) is 69.2 cm³/mol. The van der Waals surface area contributed by atoms with Gasteiger partial charge < -0.3 is 9.84 Å². The van der Waals surface area contributed by atoms with E-state index in [4.69, 9.17) is 4.74 Å². The Balaban J connectivity index is 2.33. The molecule has 0 saturated carbocycles. The summed E-state index contributed by atoms with van der Waals surface area (Å²) in [6.45, 7) is 3.98. The molecule has 3 nitrogen and oxygen atoms in total. The molecule has 0 atom stereocenters. The number of phenolic OH excluding ortho intramolecular Hbond substituents is 1. The molecular formula is C13H15NO2S. The van der Waals surface area contributed by atoms with Gasteiger partial charge in [-0.1, -0.05) is 0 Å². The zero-order valence-electron chi connectivity index (χ0n) is 10.1. The fourth-order valence-corrected chi connectivity index (χ4v) is 2.37. The number of hydrogen-bond donors (Lipinski definition) is 1. The van der Waals surface area contributed by atoms with Gasteiger partial charge in [0.05, 0.1) is 5.69 Å². The van der Waals surface area contributed by atoms with Crippen LogP contribution in [0.1, 0.15) is 19.5 Å². The lowest BCUT2D eigenvalue weighted by Gasteiger charge is -2.19. The van der Waals surface area contributed by atoms with Gasteiger partial charge in [0.25, 0.3) is 0 Å². The topological polar surface area (TPSA) is 42.4 Å². The number of phenols is 1. The van der Waals surface area contributed by atoms with Crippen molar-refractivity contribution in [2.45, 2.75) is 19.4 Å². The fourth-order valence-electron chi connectivity index (χ4n) is 1.39. The van der Waals surface area contributed by atoms with Crippen LogP contribution in [0, 0.1) is 0 Å². The first-order chi connectivity index (χ1) is 8.03. The number of methoxy groups -OCH3 is 1. The third-order valence-corrected chi connectivity index (χ3v) is 3.64. The summed E-state index contributed by atoms with van der Waals surface area (Å²) in [4.78, 5) is 4.56. The second-order valence-electron chi connectivity index (χ2n) is 4.30. The molecule has 0 aliphatic rings. The first-order valence-electron chi connectivity index (χ1n) is 5.33. The monoisotopic (exact) mass is 249 g/mol. The molecule has 2 rings (SSSR count). The van der Waals surface area contributed by atoms with Gasteiger partial charge in [-0.15, -0.1) is 11.3 Å². The maximum atomic E-state index is 9.24. The highest BCUT2D eigenvalue weighted by molar-refractivity contribution is 7.13. The zero-order chi connectivity index (χ0) is 12.5. The molecule has 1 N–H and O–H groups in total. The zero-order valence-corrected chi connectivity index (χ0v) is 10.9. The Morgan fingerprint density at radius 3 is 2.47 bits per heavy atom. The van der Waals surface area contributed by atoms with Crippen molar-refractivity contribution >= 4 is 11.3 Å². The smallest absolute Gasteiger partial charge is 0.123 e. The van der Waals surface area contributed by atoms with Crippen molar-refractivity contribution in [2.75, 3.05) is 7.11 Å². The average Bonchev–Trinajstić information content (AvgIpc) is 2.80. The summed E-state index contributed by atoms with van der Waals surface area (Å²) < 4.78 is 5.40. The van der Waals surface area contributed by atoms with E-state index >= 15 is 0 Å². The Morgan fingerprint density at radius 1 is 1.24 bits per heavy atom. The quantitative estimate of drug-likeness (QED) is 0.906. The summed E-state index contributed by atoms with van der Waals surface area (Å²) in [6.07, 6.45) is 0. The lowest BCUT2D eigenvalue weighted by molar-refractivity contribution is 0.0161. The summed E-state index contributed by atoms with van der Waals surface area (Å²) in [5.74, 6) is 0.266. The van der Waals surface area contributed by atoms with Gasteiger partial charge in [-0.2, -0.15) is 0 Å². The van der Waals surface area contributed by atoms with E-state index < -0.39 is 0 Å². The first-order valence-corrected chi connectivity index (χ1v) is 6.21. The molecule has 1 aromatic carbocycles. The summed E-state index contributed by atoms with van der Waals surface area (Å²) in [6, 6.07) is 7.05. The van der Waals surface area contributed by atoms with Crippen molar-refractivity contribution in [3.8, 4) is 16.3 Å². The third-order valence-electron chi connectivity index (χ3n) is 2.75. The molecule has 2 aromatic rings. The van der Waals surface area contributed by atoms with Crippen LogP contribution in [-0.4, -0.2) is 17.2 Å². The van der Waals surface area contributed by atoms with Gasteiger partial charge in [0, 0.05) is 18.1 Å². The molecule has 90 valence electrons. The van der Waals surface area contributed by atoms with E-state index in [1.807, 2.05) is 31.4 Å². The molecule has 0 fully saturated rings. The average molecular weight is 249 g/mol. The van der Waals surface area contributed by atoms with Crippen LogP contribution in [0.5, 0.6) is 5.75 Å². The molecule has 0 unspecified atom stereocenters. The van der Waals surface area contributed by atoms with Gasteiger partial charge in [-0.05, 0) is 38.1 Å². The summed E-state index contributed by atoms with van der Waals surface area (Å²) in [7, 11) is 1.68. The van der Waals surface area contributed by atoms with Gasteiger partial charge in [-0.25, -0.2) is 4.98 Å². The van der Waals surface area contributed by atoms with Gasteiger partial charge in [0.2, 0.25) is 0 Å². The van der Waals surface area contributed by atoms with Crippen molar-refractivity contribution in [3.05, 3.63) is 35.3 Å². The Morgan fingerprint density at radius 2 is 1.88 bits per heavy atom. The van der Waals surface area contributed by atoms with Crippen LogP contribution < -0.4 is 0 Å². The van der Waals surface area contributed by atoms with Crippen molar-refractivity contribution in [1.29, 1.82) is 0 Å². The van der Waals surface area contributed by atoms with Crippen LogP contribution in [-0.2, 0) is 10.3 Å². The van der Waals surface area contributed by atoms with Crippen LogP contribution in [0.4, 0.5) is 0 Å². The van der Waals surface area contributed by atoms with Gasteiger partial charge >= 0.3 is 0 Å². The standard InChI is InChI=1S/C13H15NO2S/c1-13(2,16-3)11-8-17-12(14-11)9-4-6-10(15)7-5-9/h4-8,15H,1-3H3. The van der Waals surface area contributed by atoms with E-state index in [9.17, 15) is 5.11 Å². The summed E-state index contributed by atoms with van der Waals surface area (Å²) >= 11 is 1.58. The van der Waals surface area contributed by atoms with E-state index in [1.54, 1.807) is 30.6 Å². The number of aromatic nitrogens is 1. The summed E-state index contributed by atoms with van der Waals surface area (Å²) in [5.41, 5.74) is 1.56. The Hall–Kier alpha value is -1.39. The molecule has 0 aliphatic heterocycles. The van der Waals surface area contributed by atoms with Crippen LogP contribution in [0.3, 0.4) is 0 Å². The Kier molecular flexibility index (Phi) is 3.17. The molecule has 0 radical (unpaired) electrons. The van der Waals surface area contributed by atoms with Crippen molar-refractivity contribution in [2.24, 2.45) is 0 Å². The van der Waals surface area contributed by atoms with Crippen LogP contribution in [0.25, 0.3) is 10.6 Å². The predicted octanol–water partition coefficient (Wildman–Crippen LogP) is 3.40. The molecule has 0 spiro atoms. The van der Waals surface area contributed by atoms with Crippen molar-refractivity contribution in [1.82, 2.24) is 4.98 Å². The van der Waals surface area contributed by atoms with E-state index in [2.05, 4.69) is 4.98 Å². The number of rotatable bonds is 3. The highest BCUT2D eigenvalue weighted by atomic mass is 32.1. The maximum Gasteiger partial charge on any atom is 0.123 e. The maximum absolute atomic E-state index is 9.24. The number of thiazole rings is 1. The molecule has 4 heteroatoms. The van der Waals surface area contributed by atoms with E-state index in [-0.39, 0.29) is 11.4 Å². The van der Waals surface area contributed by atoms with Gasteiger partial charge in [-0.3, -0.25) is 0 Å². The third kappa shape index (κ3) is 2.48. The number of aromatic hydroxyl groups is 1. The number of ether oxygens (including phenoxy) is 1. The van der Waals surface area contributed by atoms with E-state index in [0.717, 1.165) is 16.3 Å². The largest absolute Gasteiger partial charge is 0.508 e. The minimum atomic E-state index is -0.369. The molecule has 0 aliphatic carbocycles. The van der Waals surface area contributed by atoms with Crippen LogP contribution >= 0.6 is 11.3 Å². The lowest BCUT2D eigenvalue weighted by Crippen LogP contribution is -2.19. The van der Waals surface area contributed by atoms with Crippen LogP contribution in [0.15, 0.2) is 29.6 Å². The second kappa shape index (κ2) is 4.47. The van der Waals surface area contributed by atoms with Crippen molar-refractivity contribution < 1.29 is 9.84 Å². The fraction of sp³-hybridized carbons (Fsp3) is 0.308. The number of benzene rings is 1. The van der Waals surface area contributed by atoms with Crippen LogP contribution in [0.2, 0.25) is 0 Å². The molecule has 17 heavy (non-hydrogen) atoms. The number of hydrogen-bond acceptors (Lipinski definition) is 4. The minimum absolute atomic E-state index is 0.266. The molecule has 0 bridgehead atoms. The normalized spacial score (nSPS) is 11.7. The lowest BCUT2D eigenvalue weighted by atomic mass is 10.1. The molecule has 1 aromatic heterocycles. The van der Waals surface area contributed by atoms with E-state index in [1.165, 1.54) is 0 Å². The van der Waals surface area contributed by atoms with Gasteiger partial charge in [0.15, 0.2) is 0 Å². The van der Waals surface area contributed by atoms with Crippen molar-refractivity contribution in [3.63, 3.8) is 0 Å². The highest BCUT2D eigenvalue weighted by Crippen LogP contribution is 2.30. The summed E-state index contributed by atoms with van der Waals surface area (Å²) in [5, 5.41) is 12.2. The number of nitrogens with zero attached hydrogens (tertiary/aromatic N) is 1.